The van der Waals surface area contributed by atoms with Gasteiger partial charge in [-0.3, -0.25) is 4.79 Å². The molecular formula is C27H35NO7. The van der Waals surface area contributed by atoms with Crippen molar-refractivity contribution in [1.82, 2.24) is 4.90 Å². The average molecular weight is 486 g/mol. The summed E-state index contributed by atoms with van der Waals surface area (Å²) in [6.07, 6.45) is -2.14. The average Bonchev–Trinajstić information content (AvgIpc) is 3.08. The van der Waals surface area contributed by atoms with E-state index in [2.05, 4.69) is 0 Å². The second-order valence-electron chi connectivity index (χ2n) is 9.67. The van der Waals surface area contributed by atoms with E-state index in [0.717, 1.165) is 16.0 Å². The SMILES string of the molecule is C[C@H](C(=O)N1C(=O)OC(C)(C)[C@@H]1Cc1ccccc1)[C@H](O)[C@](O)(CO)CCOCc1ccccc1. The molecule has 1 aliphatic rings. The zero-order valence-electron chi connectivity index (χ0n) is 20.5. The molecule has 8 nitrogen and oxygen atoms in total. The van der Waals surface area contributed by atoms with Gasteiger partial charge in [-0.05, 0) is 31.4 Å². The Morgan fingerprint density at radius 1 is 1.11 bits per heavy atom. The van der Waals surface area contributed by atoms with Crippen LogP contribution in [0.15, 0.2) is 60.7 Å². The number of ether oxygens (including phenoxy) is 2. The van der Waals surface area contributed by atoms with E-state index in [-0.39, 0.29) is 13.0 Å². The van der Waals surface area contributed by atoms with Crippen LogP contribution < -0.4 is 0 Å². The highest BCUT2D eigenvalue weighted by Gasteiger charge is 2.53. The van der Waals surface area contributed by atoms with Gasteiger partial charge in [0.25, 0.3) is 0 Å². The molecule has 1 aliphatic heterocycles. The summed E-state index contributed by atoms with van der Waals surface area (Å²) in [4.78, 5) is 27.1. The number of hydrogen-bond donors (Lipinski definition) is 3. The minimum Gasteiger partial charge on any atom is -0.441 e. The van der Waals surface area contributed by atoms with E-state index < -0.39 is 47.9 Å². The van der Waals surface area contributed by atoms with Crippen molar-refractivity contribution in [2.24, 2.45) is 5.92 Å². The number of imide groups is 1. The number of benzene rings is 2. The van der Waals surface area contributed by atoms with Crippen LogP contribution in [0, 0.1) is 5.92 Å². The van der Waals surface area contributed by atoms with Crippen molar-refractivity contribution < 1.29 is 34.4 Å². The predicted molar refractivity (Wildman–Crippen MR) is 129 cm³/mol. The van der Waals surface area contributed by atoms with Crippen LogP contribution in [-0.2, 0) is 27.3 Å². The van der Waals surface area contributed by atoms with Gasteiger partial charge in [-0.1, -0.05) is 67.6 Å². The van der Waals surface area contributed by atoms with Gasteiger partial charge in [0, 0.05) is 13.0 Å². The van der Waals surface area contributed by atoms with Crippen LogP contribution in [0.2, 0.25) is 0 Å². The molecular weight excluding hydrogens is 450 g/mol. The first-order valence-electron chi connectivity index (χ1n) is 11.8. The molecule has 0 unspecified atom stereocenters. The first kappa shape index (κ1) is 26.8. The Hall–Kier alpha value is -2.78. The van der Waals surface area contributed by atoms with E-state index in [9.17, 15) is 24.9 Å². The predicted octanol–water partition coefficient (Wildman–Crippen LogP) is 2.68. The number of hydrogen-bond acceptors (Lipinski definition) is 7. The standard InChI is InChI=1S/C27H35NO7/c1-19(23(30)27(33,18-29)14-15-34-17-21-12-8-5-9-13-21)24(31)28-22(26(2,3)35-25(28)32)16-20-10-6-4-7-11-20/h4-13,19,22-23,29-30,33H,14-18H2,1-3H3/t19-,22-,23-,27+/m0/s1. The summed E-state index contributed by atoms with van der Waals surface area (Å²) in [7, 11) is 0. The van der Waals surface area contributed by atoms with Crippen molar-refractivity contribution in [3.8, 4) is 0 Å². The van der Waals surface area contributed by atoms with Crippen molar-refractivity contribution >= 4 is 12.0 Å². The molecule has 3 rings (SSSR count). The molecule has 1 saturated heterocycles. The molecule has 0 aromatic heterocycles. The van der Waals surface area contributed by atoms with Gasteiger partial charge < -0.3 is 24.8 Å². The minimum atomic E-state index is -1.99. The lowest BCUT2D eigenvalue weighted by Crippen LogP contribution is -2.55. The highest BCUT2D eigenvalue weighted by Crippen LogP contribution is 2.34. The number of amides is 2. The summed E-state index contributed by atoms with van der Waals surface area (Å²) in [5.74, 6) is -1.85. The van der Waals surface area contributed by atoms with Crippen molar-refractivity contribution in [3.05, 3.63) is 71.8 Å². The molecule has 0 aliphatic carbocycles. The fraction of sp³-hybridized carbons (Fsp3) is 0.481. The van der Waals surface area contributed by atoms with Crippen LogP contribution in [0.1, 0.15) is 38.3 Å². The van der Waals surface area contributed by atoms with E-state index in [1.54, 1.807) is 13.8 Å². The summed E-state index contributed by atoms with van der Waals surface area (Å²) in [6.45, 7) is 4.49. The molecule has 2 aromatic rings. The van der Waals surface area contributed by atoms with Gasteiger partial charge in [-0.2, -0.15) is 0 Å². The number of carbonyl (C=O) groups is 2. The van der Waals surface area contributed by atoms with Crippen molar-refractivity contribution in [2.75, 3.05) is 13.2 Å². The Balaban J connectivity index is 1.68. The number of aliphatic hydroxyl groups excluding tert-OH is 2. The lowest BCUT2D eigenvalue weighted by atomic mass is 9.84. The smallest absolute Gasteiger partial charge is 0.417 e. The lowest BCUT2D eigenvalue weighted by Gasteiger charge is -2.36. The molecule has 2 aromatic carbocycles. The third kappa shape index (κ3) is 6.27. The summed E-state index contributed by atoms with van der Waals surface area (Å²) in [5, 5.41) is 31.7. The van der Waals surface area contributed by atoms with E-state index in [4.69, 9.17) is 9.47 Å². The molecule has 35 heavy (non-hydrogen) atoms. The number of aliphatic hydroxyl groups is 3. The maximum Gasteiger partial charge on any atom is 0.417 e. The van der Waals surface area contributed by atoms with Crippen LogP contribution in [0.4, 0.5) is 4.79 Å². The molecule has 0 spiro atoms. The number of rotatable bonds is 11. The van der Waals surface area contributed by atoms with Crippen molar-refractivity contribution in [1.29, 1.82) is 0 Å². The highest BCUT2D eigenvalue weighted by molar-refractivity contribution is 5.95. The largest absolute Gasteiger partial charge is 0.441 e. The molecule has 0 radical (unpaired) electrons. The summed E-state index contributed by atoms with van der Waals surface area (Å²) in [6, 6.07) is 18.3. The molecule has 4 atom stereocenters. The normalized spacial score (nSPS) is 20.7. The molecule has 3 N–H and O–H groups in total. The van der Waals surface area contributed by atoms with E-state index in [0.29, 0.717) is 13.0 Å². The maximum absolute atomic E-state index is 13.4. The van der Waals surface area contributed by atoms with Gasteiger partial charge in [0.05, 0.1) is 31.3 Å². The van der Waals surface area contributed by atoms with Gasteiger partial charge >= 0.3 is 6.09 Å². The molecule has 1 heterocycles. The third-order valence-corrected chi connectivity index (χ3v) is 6.65. The Labute approximate surface area is 206 Å². The fourth-order valence-electron chi connectivity index (χ4n) is 4.35. The molecule has 8 heteroatoms. The van der Waals surface area contributed by atoms with E-state index >= 15 is 0 Å². The topological polar surface area (TPSA) is 117 Å². The molecule has 190 valence electrons. The summed E-state index contributed by atoms with van der Waals surface area (Å²) >= 11 is 0. The van der Waals surface area contributed by atoms with E-state index in [1.807, 2.05) is 60.7 Å². The Morgan fingerprint density at radius 2 is 1.69 bits per heavy atom. The van der Waals surface area contributed by atoms with Gasteiger partial charge in [0.2, 0.25) is 5.91 Å². The van der Waals surface area contributed by atoms with E-state index in [1.165, 1.54) is 6.92 Å². The van der Waals surface area contributed by atoms with Crippen LogP contribution >= 0.6 is 0 Å². The lowest BCUT2D eigenvalue weighted by molar-refractivity contribution is -0.158. The third-order valence-electron chi connectivity index (χ3n) is 6.65. The van der Waals surface area contributed by atoms with Crippen molar-refractivity contribution in [3.63, 3.8) is 0 Å². The van der Waals surface area contributed by atoms with Crippen LogP contribution in [0.25, 0.3) is 0 Å². The van der Waals surface area contributed by atoms with Gasteiger partial charge in [-0.15, -0.1) is 0 Å². The van der Waals surface area contributed by atoms with Gasteiger partial charge in [0.15, 0.2) is 0 Å². The Bertz CT molecular complexity index is 982. The molecule has 0 bridgehead atoms. The Kier molecular flexibility index (Phi) is 8.66. The second kappa shape index (κ2) is 11.3. The second-order valence-corrected chi connectivity index (χ2v) is 9.67. The van der Waals surface area contributed by atoms with Gasteiger partial charge in [-0.25, -0.2) is 9.69 Å². The first-order chi connectivity index (χ1) is 16.6. The number of nitrogens with zero attached hydrogens (tertiary/aromatic N) is 1. The van der Waals surface area contributed by atoms with Crippen LogP contribution in [0.3, 0.4) is 0 Å². The van der Waals surface area contributed by atoms with Gasteiger partial charge in [0.1, 0.15) is 11.2 Å². The summed E-state index contributed by atoms with van der Waals surface area (Å²) in [5.41, 5.74) is -1.05. The first-order valence-corrected chi connectivity index (χ1v) is 11.8. The zero-order chi connectivity index (χ0) is 25.6. The fourth-order valence-corrected chi connectivity index (χ4v) is 4.35. The zero-order valence-corrected chi connectivity index (χ0v) is 20.5. The van der Waals surface area contributed by atoms with Crippen LogP contribution in [-0.4, -0.2) is 68.8 Å². The quantitative estimate of drug-likeness (QED) is 0.419. The minimum absolute atomic E-state index is 0.0549. The molecule has 1 fully saturated rings. The Morgan fingerprint density at radius 3 is 2.26 bits per heavy atom. The molecule has 0 saturated carbocycles. The van der Waals surface area contributed by atoms with Crippen molar-refractivity contribution in [2.45, 2.75) is 63.6 Å². The summed E-state index contributed by atoms with van der Waals surface area (Å²) < 4.78 is 11.1. The monoisotopic (exact) mass is 485 g/mol. The highest BCUT2D eigenvalue weighted by atomic mass is 16.6. The van der Waals surface area contributed by atoms with Crippen LogP contribution in [0.5, 0.6) is 0 Å². The maximum atomic E-state index is 13.4. The molecule has 2 amide bonds. The number of carbonyl (C=O) groups excluding carboxylic acids is 2. The number of cyclic esters (lactones) is 1.